The molecule has 4 atom stereocenters. The first-order valence-corrected chi connectivity index (χ1v) is 18.3. The summed E-state index contributed by atoms with van der Waals surface area (Å²) < 4.78 is 48.0. The Balaban J connectivity index is 1.25. The molecule has 7 rings (SSSR count). The molecule has 0 spiro atoms. The molecule has 11 heteroatoms. The molecule has 0 bridgehead atoms. The van der Waals surface area contributed by atoms with Crippen LogP contribution >= 0.6 is 11.3 Å². The van der Waals surface area contributed by atoms with E-state index in [1.807, 2.05) is 36.4 Å². The van der Waals surface area contributed by atoms with Crippen molar-refractivity contribution >= 4 is 11.3 Å². The predicted molar refractivity (Wildman–Crippen MR) is 203 cm³/mol. The van der Waals surface area contributed by atoms with E-state index in [9.17, 15) is 0 Å². The van der Waals surface area contributed by atoms with E-state index in [2.05, 4.69) is 70.5 Å². The Bertz CT molecular complexity index is 1780. The maximum Gasteiger partial charge on any atom is 0.146 e. The molecule has 0 N–H and O–H groups in total. The molecule has 278 valence electrons. The van der Waals surface area contributed by atoms with Crippen LogP contribution in [-0.4, -0.2) is 65.7 Å². The van der Waals surface area contributed by atoms with Gasteiger partial charge >= 0.3 is 0 Å². The van der Waals surface area contributed by atoms with E-state index in [0.29, 0.717) is 60.8 Å². The van der Waals surface area contributed by atoms with Crippen LogP contribution in [0, 0.1) is 0 Å². The van der Waals surface area contributed by atoms with Gasteiger partial charge in [-0.15, -0.1) is 11.3 Å². The van der Waals surface area contributed by atoms with Gasteiger partial charge in [-0.05, 0) is 23.3 Å². The van der Waals surface area contributed by atoms with Gasteiger partial charge in [0, 0.05) is 47.1 Å². The number of hydrogen-bond donors (Lipinski definition) is 0. The average Bonchev–Trinajstić information content (AvgIpc) is 3.97. The summed E-state index contributed by atoms with van der Waals surface area (Å²) in [5, 5.41) is 0. The third-order valence-corrected chi connectivity index (χ3v) is 11.2. The standard InChI is InChI=1S/C42H46N2O8S/c1-45-29-19-35(47-3)31(36(20-29)48-4)23-43-33(27-13-9-7-10-14-27)25-51-41(43)39-17-18-40(53-39)42-44(34(26-52-42)28-15-11-8-12-16-28)24-32-37(49-5)21-30(46-2)22-38(32)50-6/h7-22,33-34,41-42H,23-26H2,1-6H3/t33-,34-,41?,42?/m0/s1. The van der Waals surface area contributed by atoms with Gasteiger partial charge in [0.1, 0.15) is 47.0 Å². The van der Waals surface area contributed by atoms with Gasteiger partial charge in [-0.25, -0.2) is 0 Å². The molecule has 0 radical (unpaired) electrons. The quantitative estimate of drug-likeness (QED) is 0.111. The Morgan fingerprint density at radius 2 is 0.868 bits per heavy atom. The maximum atomic E-state index is 6.68. The van der Waals surface area contributed by atoms with Crippen molar-refractivity contribution in [1.82, 2.24) is 9.80 Å². The summed E-state index contributed by atoms with van der Waals surface area (Å²) >= 11 is 1.70. The largest absolute Gasteiger partial charge is 0.496 e. The fourth-order valence-electron chi connectivity index (χ4n) is 7.34. The van der Waals surface area contributed by atoms with Gasteiger partial charge in [-0.1, -0.05) is 60.7 Å². The van der Waals surface area contributed by atoms with Crippen LogP contribution in [0.15, 0.2) is 97.1 Å². The van der Waals surface area contributed by atoms with Crippen molar-refractivity contribution < 1.29 is 37.9 Å². The van der Waals surface area contributed by atoms with Gasteiger partial charge in [0.2, 0.25) is 0 Å². The summed E-state index contributed by atoms with van der Waals surface area (Å²) in [5.74, 6) is 4.10. The second-order valence-electron chi connectivity index (χ2n) is 12.8. The molecule has 5 aromatic rings. The number of nitrogens with zero attached hydrogens (tertiary/aromatic N) is 2. The predicted octanol–water partition coefficient (Wildman–Crippen LogP) is 8.34. The van der Waals surface area contributed by atoms with Crippen molar-refractivity contribution in [3.63, 3.8) is 0 Å². The SMILES string of the molecule is COc1cc(OC)c(CN2C(c3ccc(C4OC[C@@H](c5ccccc5)N4Cc4c(OC)cc(OC)cc4OC)s3)OC[C@H]2c2ccccc2)c(OC)c1. The molecule has 2 saturated heterocycles. The van der Waals surface area contributed by atoms with Crippen molar-refractivity contribution in [3.8, 4) is 34.5 Å². The zero-order valence-corrected chi connectivity index (χ0v) is 31.8. The first-order valence-electron chi connectivity index (χ1n) is 17.5. The van der Waals surface area contributed by atoms with E-state index in [-0.39, 0.29) is 24.5 Å². The highest BCUT2D eigenvalue weighted by Crippen LogP contribution is 2.49. The minimum absolute atomic E-state index is 0.0000410. The van der Waals surface area contributed by atoms with Gasteiger partial charge in [-0.3, -0.25) is 9.80 Å². The molecule has 0 saturated carbocycles. The highest BCUT2D eigenvalue weighted by molar-refractivity contribution is 7.12. The summed E-state index contributed by atoms with van der Waals surface area (Å²) in [7, 11) is 9.96. The fraction of sp³-hybridized carbons (Fsp3) is 0.333. The Kier molecular flexibility index (Phi) is 11.4. The van der Waals surface area contributed by atoms with Crippen molar-refractivity contribution in [2.45, 2.75) is 37.6 Å². The van der Waals surface area contributed by atoms with E-state index in [0.717, 1.165) is 20.9 Å². The topological polar surface area (TPSA) is 80.3 Å². The molecule has 3 heterocycles. The van der Waals surface area contributed by atoms with Gasteiger partial charge in [0.05, 0.1) is 79.1 Å². The van der Waals surface area contributed by atoms with Gasteiger partial charge in [0.15, 0.2) is 0 Å². The average molecular weight is 739 g/mol. The zero-order chi connectivity index (χ0) is 36.9. The van der Waals surface area contributed by atoms with Crippen LogP contribution in [0.3, 0.4) is 0 Å². The molecular formula is C42H46N2O8S. The first-order chi connectivity index (χ1) is 26.0. The molecule has 0 amide bonds. The van der Waals surface area contributed by atoms with Crippen molar-refractivity contribution in [2.75, 3.05) is 55.9 Å². The molecule has 2 aliphatic rings. The first kappa shape index (κ1) is 36.6. The minimum atomic E-state index is -0.322. The number of hydrogen-bond acceptors (Lipinski definition) is 11. The maximum absolute atomic E-state index is 6.68. The molecule has 4 aromatic carbocycles. The minimum Gasteiger partial charge on any atom is -0.496 e. The lowest BCUT2D eigenvalue weighted by Gasteiger charge is -2.30. The lowest BCUT2D eigenvalue weighted by atomic mass is 10.0. The summed E-state index contributed by atoms with van der Waals surface area (Å²) in [6.07, 6.45) is -0.644. The van der Waals surface area contributed by atoms with Crippen molar-refractivity contribution in [2.24, 2.45) is 0 Å². The second kappa shape index (κ2) is 16.5. The Hall–Kier alpha value is -4.78. The van der Waals surface area contributed by atoms with Crippen molar-refractivity contribution in [1.29, 1.82) is 0 Å². The second-order valence-corrected chi connectivity index (χ2v) is 14.0. The van der Waals surface area contributed by atoms with E-state index >= 15 is 0 Å². The third kappa shape index (κ3) is 7.40. The lowest BCUT2D eigenvalue weighted by Crippen LogP contribution is -2.27. The van der Waals surface area contributed by atoms with E-state index in [1.54, 1.807) is 54.0 Å². The lowest BCUT2D eigenvalue weighted by molar-refractivity contribution is 0.0257. The van der Waals surface area contributed by atoms with Crippen LogP contribution in [-0.2, 0) is 22.6 Å². The normalized spacial score (nSPS) is 20.3. The smallest absolute Gasteiger partial charge is 0.146 e. The molecule has 2 fully saturated rings. The van der Waals surface area contributed by atoms with Crippen molar-refractivity contribution in [3.05, 3.63) is 129 Å². The van der Waals surface area contributed by atoms with Crippen LogP contribution in [0.1, 0.15) is 56.5 Å². The molecule has 2 unspecified atom stereocenters. The Labute approximate surface area is 315 Å². The number of rotatable bonds is 14. The molecule has 53 heavy (non-hydrogen) atoms. The summed E-state index contributed by atoms with van der Waals surface area (Å²) in [5.41, 5.74) is 4.19. The molecular weight excluding hydrogens is 693 g/mol. The summed E-state index contributed by atoms with van der Waals surface area (Å²) in [4.78, 5) is 6.92. The zero-order valence-electron chi connectivity index (χ0n) is 30.9. The molecule has 1 aromatic heterocycles. The van der Waals surface area contributed by atoms with E-state index in [4.69, 9.17) is 37.9 Å². The third-order valence-electron chi connectivity index (χ3n) is 10.0. The number of thiophene rings is 1. The van der Waals surface area contributed by atoms with E-state index < -0.39 is 0 Å². The number of methoxy groups -OCH3 is 6. The molecule has 10 nitrogen and oxygen atoms in total. The Morgan fingerprint density at radius 1 is 0.509 bits per heavy atom. The highest BCUT2D eigenvalue weighted by atomic mass is 32.1. The van der Waals surface area contributed by atoms with Crippen LogP contribution in [0.4, 0.5) is 0 Å². The number of benzene rings is 4. The highest BCUT2D eigenvalue weighted by Gasteiger charge is 2.41. The molecule has 0 aliphatic carbocycles. The summed E-state index contributed by atoms with van der Waals surface area (Å²) in [6.45, 7) is 2.10. The van der Waals surface area contributed by atoms with Crippen LogP contribution < -0.4 is 28.4 Å². The van der Waals surface area contributed by atoms with Crippen LogP contribution in [0.2, 0.25) is 0 Å². The Morgan fingerprint density at radius 3 is 1.19 bits per heavy atom. The van der Waals surface area contributed by atoms with Crippen LogP contribution in [0.5, 0.6) is 34.5 Å². The van der Waals surface area contributed by atoms with Gasteiger partial charge < -0.3 is 37.9 Å². The van der Waals surface area contributed by atoms with Gasteiger partial charge in [-0.2, -0.15) is 0 Å². The van der Waals surface area contributed by atoms with Gasteiger partial charge in [0.25, 0.3) is 0 Å². The molecule has 2 aliphatic heterocycles. The number of ether oxygens (including phenoxy) is 8. The summed E-state index contributed by atoms with van der Waals surface area (Å²) in [6, 6.07) is 32.9. The monoisotopic (exact) mass is 738 g/mol. The van der Waals surface area contributed by atoms with E-state index in [1.165, 1.54) is 11.1 Å². The van der Waals surface area contributed by atoms with Crippen LogP contribution in [0.25, 0.3) is 0 Å². The fourth-order valence-corrected chi connectivity index (χ4v) is 8.50.